The van der Waals surface area contributed by atoms with Crippen molar-refractivity contribution in [2.24, 2.45) is 0 Å². The molecule has 35 heavy (non-hydrogen) atoms. The van der Waals surface area contributed by atoms with E-state index in [1.165, 1.54) is 42.1 Å². The number of hydrogen-bond donors (Lipinski definition) is 1. The Balaban J connectivity index is 1.45. The van der Waals surface area contributed by atoms with E-state index in [1.54, 1.807) is 6.07 Å². The molecule has 0 atom stereocenters. The highest BCUT2D eigenvalue weighted by Gasteiger charge is 2.30. The van der Waals surface area contributed by atoms with E-state index in [0.29, 0.717) is 28.4 Å². The first-order valence-corrected chi connectivity index (χ1v) is 11.9. The van der Waals surface area contributed by atoms with Crippen LogP contribution in [0.2, 0.25) is 0 Å². The van der Waals surface area contributed by atoms with E-state index in [-0.39, 0.29) is 6.61 Å². The molecule has 0 radical (unpaired) electrons. The zero-order chi connectivity index (χ0) is 25.0. The Morgan fingerprint density at radius 1 is 0.943 bits per heavy atom. The fraction of sp³-hybridized carbons (Fsp3) is 0.269. The number of hydrogen-bond acceptors (Lipinski definition) is 4. The number of aliphatic carboxylic acids is 1. The third-order valence-corrected chi connectivity index (χ3v) is 6.78. The fourth-order valence-electron chi connectivity index (χ4n) is 3.96. The molecular weight excluding hydrogens is 484 g/mol. The molecule has 0 heterocycles. The first kappa shape index (κ1) is 24.9. The fourth-order valence-corrected chi connectivity index (χ4v) is 5.06. The van der Waals surface area contributed by atoms with Gasteiger partial charge in [0, 0.05) is 16.2 Å². The average molecular weight is 507 g/mol. The molecule has 0 fully saturated rings. The third kappa shape index (κ3) is 6.28. The van der Waals surface area contributed by atoms with E-state index in [9.17, 15) is 22.4 Å². The SMILES string of the molecule is O=C(O)COc1ccc(SCc2cc(F)ccc2OCc2ccc(C(F)(F)F)cc2)c2c1CCC2. The molecule has 0 unspecified atom stereocenters. The number of halogens is 4. The van der Waals surface area contributed by atoms with Gasteiger partial charge in [-0.25, -0.2) is 9.18 Å². The summed E-state index contributed by atoms with van der Waals surface area (Å²) in [6.45, 7) is -0.353. The lowest BCUT2D eigenvalue weighted by Crippen LogP contribution is -2.10. The van der Waals surface area contributed by atoms with Crippen LogP contribution in [0.4, 0.5) is 17.6 Å². The number of thioether (sulfide) groups is 1. The summed E-state index contributed by atoms with van der Waals surface area (Å²) < 4.78 is 63.5. The highest BCUT2D eigenvalue weighted by atomic mass is 32.2. The van der Waals surface area contributed by atoms with Crippen LogP contribution in [0.3, 0.4) is 0 Å². The van der Waals surface area contributed by atoms with E-state index in [1.807, 2.05) is 6.07 Å². The molecule has 3 aromatic carbocycles. The van der Waals surface area contributed by atoms with E-state index < -0.39 is 30.1 Å². The van der Waals surface area contributed by atoms with Crippen LogP contribution in [-0.2, 0) is 36.2 Å². The molecule has 0 saturated carbocycles. The summed E-state index contributed by atoms with van der Waals surface area (Å²) in [4.78, 5) is 11.9. The van der Waals surface area contributed by atoms with Crippen molar-refractivity contribution in [3.05, 3.63) is 88.2 Å². The van der Waals surface area contributed by atoms with E-state index in [4.69, 9.17) is 14.6 Å². The maximum Gasteiger partial charge on any atom is 0.416 e. The number of carboxylic acids is 1. The molecule has 0 bridgehead atoms. The minimum atomic E-state index is -4.40. The predicted octanol–water partition coefficient (Wildman–Crippen LogP) is 6.67. The molecule has 4 nitrogen and oxygen atoms in total. The van der Waals surface area contributed by atoms with Crippen LogP contribution < -0.4 is 9.47 Å². The van der Waals surface area contributed by atoms with Gasteiger partial charge in [0.05, 0.1) is 5.56 Å². The van der Waals surface area contributed by atoms with Crippen LogP contribution in [0.1, 0.15) is 34.2 Å². The summed E-state index contributed by atoms with van der Waals surface area (Å²) in [5, 5.41) is 8.88. The van der Waals surface area contributed by atoms with Gasteiger partial charge in [0.2, 0.25) is 0 Å². The van der Waals surface area contributed by atoms with Crippen molar-refractivity contribution in [3.8, 4) is 11.5 Å². The number of fused-ring (bicyclic) bond motifs is 1. The number of carboxylic acid groups (broad SMARTS) is 1. The second-order valence-electron chi connectivity index (χ2n) is 8.08. The Morgan fingerprint density at radius 2 is 1.66 bits per heavy atom. The Bertz CT molecular complexity index is 1210. The van der Waals surface area contributed by atoms with Gasteiger partial charge >= 0.3 is 12.1 Å². The van der Waals surface area contributed by atoms with Gasteiger partial charge in [-0.1, -0.05) is 12.1 Å². The lowest BCUT2D eigenvalue weighted by Gasteiger charge is -2.15. The number of ether oxygens (including phenoxy) is 2. The molecule has 0 aliphatic heterocycles. The summed E-state index contributed by atoms with van der Waals surface area (Å²) in [5.41, 5.74) is 2.58. The molecule has 9 heteroatoms. The molecule has 1 N–H and O–H groups in total. The van der Waals surface area contributed by atoms with Crippen molar-refractivity contribution in [2.45, 2.75) is 42.7 Å². The summed E-state index contributed by atoms with van der Waals surface area (Å²) in [6, 6.07) is 12.6. The van der Waals surface area contributed by atoms with Crippen molar-refractivity contribution in [1.29, 1.82) is 0 Å². The molecule has 0 spiro atoms. The van der Waals surface area contributed by atoms with Crippen LogP contribution in [0.25, 0.3) is 0 Å². The Morgan fingerprint density at radius 3 is 2.37 bits per heavy atom. The topological polar surface area (TPSA) is 55.8 Å². The molecule has 1 aliphatic rings. The van der Waals surface area contributed by atoms with Crippen LogP contribution >= 0.6 is 11.8 Å². The average Bonchev–Trinajstić information content (AvgIpc) is 3.31. The monoisotopic (exact) mass is 506 g/mol. The lowest BCUT2D eigenvalue weighted by molar-refractivity contribution is -0.139. The molecule has 0 saturated heterocycles. The number of rotatable bonds is 9. The molecule has 4 rings (SSSR count). The largest absolute Gasteiger partial charge is 0.489 e. The van der Waals surface area contributed by atoms with Crippen molar-refractivity contribution in [3.63, 3.8) is 0 Å². The molecular formula is C26H22F4O4S. The normalized spacial score (nSPS) is 12.9. The molecule has 1 aliphatic carbocycles. The minimum absolute atomic E-state index is 0.0481. The molecule has 3 aromatic rings. The zero-order valence-corrected chi connectivity index (χ0v) is 19.3. The second-order valence-corrected chi connectivity index (χ2v) is 9.10. The van der Waals surface area contributed by atoms with Gasteiger partial charge in [-0.3, -0.25) is 0 Å². The van der Waals surface area contributed by atoms with Gasteiger partial charge in [-0.05, 0) is 78.4 Å². The molecule has 0 aromatic heterocycles. The van der Waals surface area contributed by atoms with Crippen molar-refractivity contribution in [1.82, 2.24) is 0 Å². The van der Waals surface area contributed by atoms with Gasteiger partial charge in [-0.2, -0.15) is 13.2 Å². The van der Waals surface area contributed by atoms with Gasteiger partial charge < -0.3 is 14.6 Å². The number of alkyl halides is 3. The summed E-state index contributed by atoms with van der Waals surface area (Å²) >= 11 is 1.52. The first-order chi connectivity index (χ1) is 16.7. The Hall–Kier alpha value is -3.20. The zero-order valence-electron chi connectivity index (χ0n) is 18.5. The first-order valence-electron chi connectivity index (χ1n) is 10.9. The lowest BCUT2D eigenvalue weighted by atomic mass is 10.1. The Labute approximate surface area is 203 Å². The minimum Gasteiger partial charge on any atom is -0.489 e. The summed E-state index contributed by atoms with van der Waals surface area (Å²) in [5.74, 6) is 0.00434. The van der Waals surface area contributed by atoms with Crippen molar-refractivity contribution in [2.75, 3.05) is 6.61 Å². The summed E-state index contributed by atoms with van der Waals surface area (Å²) in [7, 11) is 0. The second kappa shape index (κ2) is 10.6. The van der Waals surface area contributed by atoms with Crippen molar-refractivity contribution >= 4 is 17.7 Å². The van der Waals surface area contributed by atoms with E-state index >= 15 is 0 Å². The van der Waals surface area contributed by atoms with E-state index in [0.717, 1.165) is 47.4 Å². The van der Waals surface area contributed by atoms with E-state index in [2.05, 4.69) is 0 Å². The molecule has 184 valence electrons. The van der Waals surface area contributed by atoms with Gasteiger partial charge in [0.25, 0.3) is 0 Å². The predicted molar refractivity (Wildman–Crippen MR) is 123 cm³/mol. The maximum atomic E-state index is 14.0. The van der Waals surface area contributed by atoms with Crippen molar-refractivity contribution < 1.29 is 36.9 Å². The van der Waals surface area contributed by atoms with Gasteiger partial charge in [0.1, 0.15) is 23.9 Å². The highest BCUT2D eigenvalue weighted by Crippen LogP contribution is 2.39. The number of benzene rings is 3. The van der Waals surface area contributed by atoms with Crippen LogP contribution in [-0.4, -0.2) is 17.7 Å². The van der Waals surface area contributed by atoms with Crippen LogP contribution in [0.15, 0.2) is 59.5 Å². The molecule has 0 amide bonds. The standard InChI is InChI=1S/C26H22F4O4S/c27-19-8-9-22(33-13-16-4-6-18(7-5-16)26(28,29)30)17(12-19)15-35-24-11-10-23(34-14-25(31)32)20-2-1-3-21(20)24/h4-12H,1-3,13-15H2,(H,31,32). The van der Waals surface area contributed by atoms with Gasteiger partial charge in [-0.15, -0.1) is 11.8 Å². The highest BCUT2D eigenvalue weighted by molar-refractivity contribution is 7.98. The van der Waals surface area contributed by atoms with Gasteiger partial charge in [0.15, 0.2) is 6.61 Å². The Kier molecular flexibility index (Phi) is 7.54. The number of carbonyl (C=O) groups is 1. The van der Waals surface area contributed by atoms with Crippen LogP contribution in [0, 0.1) is 5.82 Å². The summed E-state index contributed by atoms with van der Waals surface area (Å²) in [6.07, 6.45) is -1.80. The third-order valence-electron chi connectivity index (χ3n) is 5.63. The van der Waals surface area contributed by atoms with Crippen LogP contribution in [0.5, 0.6) is 11.5 Å². The quantitative estimate of drug-likeness (QED) is 0.260. The smallest absolute Gasteiger partial charge is 0.416 e. The maximum absolute atomic E-state index is 14.0.